The van der Waals surface area contributed by atoms with E-state index in [1.807, 2.05) is 0 Å². The molecule has 1 amide bonds. The van der Waals surface area contributed by atoms with E-state index in [1.165, 1.54) is 51.7 Å². The Kier molecular flexibility index (Phi) is 9.72. The number of aliphatic imine (C=N–C) groups is 1. The zero-order chi connectivity index (χ0) is 21.2. The van der Waals surface area contributed by atoms with Gasteiger partial charge in [0.15, 0.2) is 5.96 Å². The minimum atomic E-state index is 0.309. The molecule has 2 saturated heterocycles. The standard InChI is InChI=1S/C23H44N6O/c1-3-12-27-13-9-21(10-14-27)26-23(24-4-2)25-11-15-28-16-18-29(19-17-28)22(30)20-7-5-6-8-20/h20-21H,3-19H2,1-2H3,(H2,24,25,26). The fourth-order valence-corrected chi connectivity index (χ4v) is 5.06. The zero-order valence-electron chi connectivity index (χ0n) is 19.4. The molecule has 1 saturated carbocycles. The quantitative estimate of drug-likeness (QED) is 0.463. The Morgan fingerprint density at radius 2 is 1.57 bits per heavy atom. The molecule has 3 rings (SSSR count). The Bertz CT molecular complexity index is 532. The topological polar surface area (TPSA) is 63.2 Å². The molecule has 2 N–H and O–H groups in total. The number of hydrogen-bond donors (Lipinski definition) is 2. The van der Waals surface area contributed by atoms with Crippen molar-refractivity contribution in [2.45, 2.75) is 64.8 Å². The highest BCUT2D eigenvalue weighted by Gasteiger charge is 2.29. The van der Waals surface area contributed by atoms with E-state index in [0.717, 1.165) is 64.6 Å². The van der Waals surface area contributed by atoms with Gasteiger partial charge in [0, 0.05) is 64.3 Å². The summed E-state index contributed by atoms with van der Waals surface area (Å²) in [5, 5.41) is 7.06. The van der Waals surface area contributed by atoms with E-state index in [9.17, 15) is 4.79 Å². The van der Waals surface area contributed by atoms with Gasteiger partial charge in [0.25, 0.3) is 0 Å². The third-order valence-corrected chi connectivity index (χ3v) is 6.89. The summed E-state index contributed by atoms with van der Waals surface area (Å²) in [6.45, 7) is 14.4. The van der Waals surface area contributed by atoms with Gasteiger partial charge in [-0.15, -0.1) is 0 Å². The molecule has 30 heavy (non-hydrogen) atoms. The molecular weight excluding hydrogens is 376 g/mol. The van der Waals surface area contributed by atoms with Crippen LogP contribution in [0.15, 0.2) is 4.99 Å². The number of carbonyl (C=O) groups excluding carboxylic acids is 1. The third-order valence-electron chi connectivity index (χ3n) is 6.89. The Hall–Kier alpha value is -1.34. The predicted octanol–water partition coefficient (Wildman–Crippen LogP) is 1.75. The summed E-state index contributed by atoms with van der Waals surface area (Å²) in [6.07, 6.45) is 8.30. The first-order chi connectivity index (χ1) is 14.7. The first kappa shape index (κ1) is 23.3. The van der Waals surface area contributed by atoms with Crippen LogP contribution in [-0.4, -0.2) is 98.1 Å². The van der Waals surface area contributed by atoms with Crippen molar-refractivity contribution in [2.24, 2.45) is 10.9 Å². The zero-order valence-corrected chi connectivity index (χ0v) is 19.4. The molecule has 0 aromatic carbocycles. The first-order valence-corrected chi connectivity index (χ1v) is 12.5. The van der Waals surface area contributed by atoms with Gasteiger partial charge in [-0.05, 0) is 45.6 Å². The van der Waals surface area contributed by atoms with Gasteiger partial charge in [-0.3, -0.25) is 14.7 Å². The van der Waals surface area contributed by atoms with Gasteiger partial charge in [-0.25, -0.2) is 0 Å². The van der Waals surface area contributed by atoms with Crippen LogP contribution in [0.25, 0.3) is 0 Å². The molecule has 0 spiro atoms. The van der Waals surface area contributed by atoms with Crippen LogP contribution in [0.1, 0.15) is 58.8 Å². The second-order valence-corrected chi connectivity index (χ2v) is 9.17. The van der Waals surface area contributed by atoms with Crippen LogP contribution < -0.4 is 10.6 Å². The molecule has 2 aliphatic heterocycles. The van der Waals surface area contributed by atoms with Gasteiger partial charge in [0.2, 0.25) is 5.91 Å². The minimum absolute atomic E-state index is 0.309. The Morgan fingerprint density at radius 1 is 0.900 bits per heavy atom. The Labute approximate surface area is 183 Å². The number of piperazine rings is 1. The summed E-state index contributed by atoms with van der Waals surface area (Å²) in [7, 11) is 0. The predicted molar refractivity (Wildman–Crippen MR) is 124 cm³/mol. The molecule has 0 radical (unpaired) electrons. The molecule has 7 heteroatoms. The van der Waals surface area contributed by atoms with E-state index in [0.29, 0.717) is 17.9 Å². The van der Waals surface area contributed by atoms with Crippen molar-refractivity contribution in [3.63, 3.8) is 0 Å². The van der Waals surface area contributed by atoms with Gasteiger partial charge in [-0.2, -0.15) is 0 Å². The average molecular weight is 421 g/mol. The molecule has 0 atom stereocenters. The summed E-state index contributed by atoms with van der Waals surface area (Å²) in [6, 6.07) is 0.529. The van der Waals surface area contributed by atoms with Crippen molar-refractivity contribution in [3.05, 3.63) is 0 Å². The first-order valence-electron chi connectivity index (χ1n) is 12.5. The molecule has 0 aromatic rings. The van der Waals surface area contributed by atoms with E-state index in [-0.39, 0.29) is 0 Å². The van der Waals surface area contributed by atoms with Gasteiger partial charge in [0.05, 0.1) is 6.54 Å². The molecule has 0 bridgehead atoms. The van der Waals surface area contributed by atoms with Gasteiger partial charge < -0.3 is 20.4 Å². The second-order valence-electron chi connectivity index (χ2n) is 9.17. The van der Waals surface area contributed by atoms with Crippen molar-refractivity contribution in [1.29, 1.82) is 0 Å². The number of likely N-dealkylation sites (tertiary alicyclic amines) is 1. The van der Waals surface area contributed by atoms with Crippen LogP contribution in [-0.2, 0) is 4.79 Å². The van der Waals surface area contributed by atoms with E-state index in [4.69, 9.17) is 4.99 Å². The highest BCUT2D eigenvalue weighted by molar-refractivity contribution is 5.80. The molecule has 7 nitrogen and oxygen atoms in total. The molecule has 2 heterocycles. The largest absolute Gasteiger partial charge is 0.357 e. The molecule has 1 aliphatic carbocycles. The highest BCUT2D eigenvalue weighted by Crippen LogP contribution is 2.26. The fourth-order valence-electron chi connectivity index (χ4n) is 5.06. The fraction of sp³-hybridized carbons (Fsp3) is 0.913. The molecule has 3 aliphatic rings. The monoisotopic (exact) mass is 420 g/mol. The molecule has 172 valence electrons. The normalized spacial score (nSPS) is 23.1. The van der Waals surface area contributed by atoms with Crippen molar-refractivity contribution in [2.75, 3.05) is 65.4 Å². The third kappa shape index (κ3) is 7.12. The van der Waals surface area contributed by atoms with Crippen molar-refractivity contribution in [3.8, 4) is 0 Å². The lowest BCUT2D eigenvalue weighted by molar-refractivity contribution is -0.137. The lowest BCUT2D eigenvalue weighted by atomic mass is 10.1. The van der Waals surface area contributed by atoms with E-state index in [2.05, 4.69) is 39.2 Å². The number of amides is 1. The maximum atomic E-state index is 12.6. The smallest absolute Gasteiger partial charge is 0.225 e. The van der Waals surface area contributed by atoms with E-state index < -0.39 is 0 Å². The summed E-state index contributed by atoms with van der Waals surface area (Å²) in [4.78, 5) is 24.6. The number of hydrogen-bond acceptors (Lipinski definition) is 4. The summed E-state index contributed by atoms with van der Waals surface area (Å²) in [5.74, 6) is 1.68. The minimum Gasteiger partial charge on any atom is -0.357 e. The van der Waals surface area contributed by atoms with E-state index in [1.54, 1.807) is 0 Å². The van der Waals surface area contributed by atoms with Crippen LogP contribution in [0.2, 0.25) is 0 Å². The summed E-state index contributed by atoms with van der Waals surface area (Å²) < 4.78 is 0. The van der Waals surface area contributed by atoms with Gasteiger partial charge in [-0.1, -0.05) is 19.8 Å². The van der Waals surface area contributed by atoms with Crippen LogP contribution in [0.4, 0.5) is 0 Å². The van der Waals surface area contributed by atoms with Crippen LogP contribution in [0.3, 0.4) is 0 Å². The number of piperidine rings is 1. The number of rotatable bonds is 8. The molecule has 3 fully saturated rings. The molecule has 0 unspecified atom stereocenters. The number of nitrogens with one attached hydrogen (secondary N) is 2. The van der Waals surface area contributed by atoms with E-state index >= 15 is 0 Å². The SMILES string of the molecule is CCCN1CCC(NC(=NCCN2CCN(C(=O)C3CCCC3)CC2)NCC)CC1. The number of guanidine groups is 1. The second kappa shape index (κ2) is 12.5. The summed E-state index contributed by atoms with van der Waals surface area (Å²) >= 11 is 0. The van der Waals surface area contributed by atoms with Crippen molar-refractivity contribution in [1.82, 2.24) is 25.3 Å². The maximum absolute atomic E-state index is 12.6. The van der Waals surface area contributed by atoms with Crippen LogP contribution >= 0.6 is 0 Å². The number of nitrogens with zero attached hydrogens (tertiary/aromatic N) is 4. The number of carbonyl (C=O) groups is 1. The maximum Gasteiger partial charge on any atom is 0.225 e. The van der Waals surface area contributed by atoms with Gasteiger partial charge >= 0.3 is 0 Å². The molecular formula is C23H44N6O. The van der Waals surface area contributed by atoms with Crippen LogP contribution in [0.5, 0.6) is 0 Å². The Balaban J connectivity index is 1.36. The van der Waals surface area contributed by atoms with Gasteiger partial charge in [0.1, 0.15) is 0 Å². The van der Waals surface area contributed by atoms with Crippen molar-refractivity contribution >= 4 is 11.9 Å². The average Bonchev–Trinajstić information content (AvgIpc) is 3.30. The highest BCUT2D eigenvalue weighted by atomic mass is 16.2. The van der Waals surface area contributed by atoms with Crippen molar-refractivity contribution < 1.29 is 4.79 Å². The Morgan fingerprint density at radius 3 is 2.20 bits per heavy atom. The molecule has 0 aromatic heterocycles. The van der Waals surface area contributed by atoms with Crippen LogP contribution in [0, 0.1) is 5.92 Å². The summed E-state index contributed by atoms with van der Waals surface area (Å²) in [5.41, 5.74) is 0. The lowest BCUT2D eigenvalue weighted by Crippen LogP contribution is -2.51. The lowest BCUT2D eigenvalue weighted by Gasteiger charge is -2.35.